The molecule has 2 rings (SSSR count). The minimum absolute atomic E-state index is 0.0754. The highest BCUT2D eigenvalue weighted by Crippen LogP contribution is 2.42. The van der Waals surface area contributed by atoms with E-state index in [4.69, 9.17) is 18.9 Å². The van der Waals surface area contributed by atoms with Crippen molar-refractivity contribution in [2.75, 3.05) is 12.4 Å². The van der Waals surface area contributed by atoms with Gasteiger partial charge in [-0.3, -0.25) is 4.79 Å². The molecule has 0 fully saturated rings. The molecule has 1 N–H and O–H groups in total. The second-order valence-electron chi connectivity index (χ2n) is 8.56. The molecule has 1 aliphatic rings. The second kappa shape index (κ2) is 11.0. The number of rotatable bonds is 11. The van der Waals surface area contributed by atoms with Crippen molar-refractivity contribution in [3.05, 3.63) is 54.1 Å². The number of anilines is 1. The van der Waals surface area contributed by atoms with Crippen molar-refractivity contribution < 1.29 is 23.7 Å². The monoisotopic (exact) mass is 431 g/mol. The summed E-state index contributed by atoms with van der Waals surface area (Å²) in [7, 11) is 1.62. The normalized spacial score (nSPS) is 19.2. The number of ether oxygens (including phenoxy) is 4. The van der Waals surface area contributed by atoms with Crippen LogP contribution in [0.15, 0.2) is 54.1 Å². The van der Waals surface area contributed by atoms with Crippen LogP contribution in [-0.2, 0) is 23.7 Å². The lowest BCUT2D eigenvalue weighted by Crippen LogP contribution is -2.62. The summed E-state index contributed by atoms with van der Waals surface area (Å²) in [5, 5.41) is 2.91. The minimum atomic E-state index is -1.43. The largest absolute Gasteiger partial charge is 0.365 e. The van der Waals surface area contributed by atoms with Crippen molar-refractivity contribution >= 4 is 11.6 Å². The minimum Gasteiger partial charge on any atom is -0.365 e. The van der Waals surface area contributed by atoms with Gasteiger partial charge in [0.25, 0.3) is 0 Å². The molecule has 0 saturated carbocycles. The predicted molar refractivity (Wildman–Crippen MR) is 123 cm³/mol. The van der Waals surface area contributed by atoms with E-state index in [1.807, 2.05) is 90.1 Å². The zero-order valence-electron chi connectivity index (χ0n) is 19.8. The van der Waals surface area contributed by atoms with E-state index >= 15 is 0 Å². The Balaban J connectivity index is 2.24. The van der Waals surface area contributed by atoms with E-state index in [1.54, 1.807) is 7.11 Å². The number of para-hydroxylation sites is 1. The number of nitrogens with one attached hydrogen (secondary N) is 1. The van der Waals surface area contributed by atoms with Crippen molar-refractivity contribution in [3.8, 4) is 0 Å². The van der Waals surface area contributed by atoms with Crippen LogP contribution in [0, 0.1) is 0 Å². The fourth-order valence-corrected chi connectivity index (χ4v) is 3.52. The van der Waals surface area contributed by atoms with Gasteiger partial charge in [-0.15, -0.1) is 0 Å². The summed E-state index contributed by atoms with van der Waals surface area (Å²) in [5.41, 5.74) is 0.679. The molecule has 0 radical (unpaired) electrons. The number of carbonyl (C=O) groups is 1. The Bertz CT molecular complexity index is 743. The molecule has 31 heavy (non-hydrogen) atoms. The van der Waals surface area contributed by atoms with E-state index in [0.29, 0.717) is 6.42 Å². The van der Waals surface area contributed by atoms with Crippen molar-refractivity contribution in [3.63, 3.8) is 0 Å². The first-order chi connectivity index (χ1) is 14.6. The van der Waals surface area contributed by atoms with Crippen molar-refractivity contribution in [1.82, 2.24) is 0 Å². The third-order valence-corrected chi connectivity index (χ3v) is 4.71. The van der Waals surface area contributed by atoms with Gasteiger partial charge in [0, 0.05) is 19.2 Å². The van der Waals surface area contributed by atoms with Crippen molar-refractivity contribution in [1.29, 1.82) is 0 Å². The summed E-state index contributed by atoms with van der Waals surface area (Å²) in [6, 6.07) is 9.42. The Morgan fingerprint density at radius 2 is 1.55 bits per heavy atom. The Kier molecular flexibility index (Phi) is 9.01. The Morgan fingerprint density at radius 3 is 1.97 bits per heavy atom. The molecular formula is C25H37NO5. The summed E-state index contributed by atoms with van der Waals surface area (Å²) in [6.45, 7) is 11.6. The molecule has 0 heterocycles. The van der Waals surface area contributed by atoms with Crippen LogP contribution in [0.4, 0.5) is 5.69 Å². The third-order valence-electron chi connectivity index (χ3n) is 4.71. The van der Waals surface area contributed by atoms with E-state index in [0.717, 1.165) is 11.3 Å². The third kappa shape index (κ3) is 6.74. The summed E-state index contributed by atoms with van der Waals surface area (Å²) in [6.07, 6.45) is 6.02. The first-order valence-corrected chi connectivity index (χ1v) is 10.9. The molecule has 172 valence electrons. The Labute approximate surface area is 186 Å². The van der Waals surface area contributed by atoms with Crippen LogP contribution in [0.3, 0.4) is 0 Å². The quantitative estimate of drug-likeness (QED) is 0.487. The number of benzene rings is 1. The molecule has 6 nitrogen and oxygen atoms in total. The van der Waals surface area contributed by atoms with Gasteiger partial charge in [-0.2, -0.15) is 0 Å². The van der Waals surface area contributed by atoms with Crippen LogP contribution in [0.25, 0.3) is 0 Å². The molecule has 1 amide bonds. The highest BCUT2D eigenvalue weighted by atomic mass is 16.9. The summed E-state index contributed by atoms with van der Waals surface area (Å²) in [4.78, 5) is 12.5. The van der Waals surface area contributed by atoms with E-state index in [-0.39, 0.29) is 30.6 Å². The van der Waals surface area contributed by atoms with Gasteiger partial charge >= 0.3 is 5.97 Å². The topological polar surface area (TPSA) is 66.0 Å². The lowest BCUT2D eigenvalue weighted by Gasteiger charge is -2.49. The molecule has 0 spiro atoms. The van der Waals surface area contributed by atoms with Crippen molar-refractivity contribution in [2.45, 2.75) is 84.3 Å². The predicted octanol–water partition coefficient (Wildman–Crippen LogP) is 5.22. The molecule has 1 aromatic rings. The van der Waals surface area contributed by atoms with E-state index in [2.05, 4.69) is 5.32 Å². The van der Waals surface area contributed by atoms with E-state index in [9.17, 15) is 4.79 Å². The average Bonchev–Trinajstić information content (AvgIpc) is 2.67. The number of hydrogen-bond acceptors (Lipinski definition) is 5. The van der Waals surface area contributed by atoms with E-state index in [1.165, 1.54) is 0 Å². The molecular weight excluding hydrogens is 394 g/mol. The molecule has 0 aliphatic heterocycles. The zero-order chi connectivity index (χ0) is 23.1. The maximum atomic E-state index is 12.5. The fraction of sp³-hybridized carbons (Fsp3) is 0.560. The molecule has 1 unspecified atom stereocenters. The molecule has 0 saturated heterocycles. The van der Waals surface area contributed by atoms with Crippen LogP contribution in [-0.4, -0.2) is 42.9 Å². The van der Waals surface area contributed by atoms with Gasteiger partial charge in [0.1, 0.15) is 0 Å². The first-order valence-electron chi connectivity index (χ1n) is 10.9. The molecule has 0 aromatic heterocycles. The lowest BCUT2D eigenvalue weighted by atomic mass is 9.87. The number of carbonyl (C=O) groups excluding carboxylic acids is 1. The smallest absolute Gasteiger partial charge is 0.318 e. The highest BCUT2D eigenvalue weighted by molar-refractivity contribution is 5.92. The first kappa shape index (κ1) is 25.3. The van der Waals surface area contributed by atoms with Gasteiger partial charge in [0.05, 0.1) is 24.7 Å². The van der Waals surface area contributed by atoms with Crippen LogP contribution in [0.2, 0.25) is 0 Å². The van der Waals surface area contributed by atoms with Gasteiger partial charge in [0.2, 0.25) is 5.91 Å². The average molecular weight is 432 g/mol. The highest BCUT2D eigenvalue weighted by Gasteiger charge is 2.57. The molecule has 1 aliphatic carbocycles. The van der Waals surface area contributed by atoms with Gasteiger partial charge < -0.3 is 24.3 Å². The summed E-state index contributed by atoms with van der Waals surface area (Å²) in [5.74, 6) is -1.50. The number of amides is 1. The standard InChI is InChI=1S/C25H37NO5/c1-18(2)29-25(30-19(3)4,31-20(5)6)24(28-7)15-13-21(14-16-24)17-23(27)26-22-11-9-8-10-12-22/h8-15,18-20H,16-17H2,1-7H3,(H,26,27). The maximum Gasteiger partial charge on any atom is 0.318 e. The van der Waals surface area contributed by atoms with Gasteiger partial charge in [-0.25, -0.2) is 0 Å². The second-order valence-corrected chi connectivity index (χ2v) is 8.56. The number of methoxy groups -OCH3 is 1. The maximum absolute atomic E-state index is 12.5. The van der Waals surface area contributed by atoms with Crippen LogP contribution in [0.5, 0.6) is 0 Å². The van der Waals surface area contributed by atoms with Crippen LogP contribution in [0.1, 0.15) is 54.4 Å². The van der Waals surface area contributed by atoms with Gasteiger partial charge in [-0.05, 0) is 65.3 Å². The fourth-order valence-electron chi connectivity index (χ4n) is 3.52. The van der Waals surface area contributed by atoms with Crippen molar-refractivity contribution in [2.24, 2.45) is 0 Å². The zero-order valence-corrected chi connectivity index (χ0v) is 19.8. The Morgan fingerprint density at radius 1 is 1.00 bits per heavy atom. The number of hydrogen-bond donors (Lipinski definition) is 1. The van der Waals surface area contributed by atoms with Crippen LogP contribution >= 0.6 is 0 Å². The molecule has 1 atom stereocenters. The van der Waals surface area contributed by atoms with E-state index < -0.39 is 11.6 Å². The molecule has 6 heteroatoms. The van der Waals surface area contributed by atoms with Gasteiger partial charge in [0.15, 0.2) is 5.60 Å². The summed E-state index contributed by atoms with van der Waals surface area (Å²) >= 11 is 0. The number of allylic oxidation sites excluding steroid dienone is 1. The summed E-state index contributed by atoms with van der Waals surface area (Å²) < 4.78 is 24.8. The lowest BCUT2D eigenvalue weighted by molar-refractivity contribution is -0.457. The molecule has 0 bridgehead atoms. The molecule has 1 aromatic carbocycles. The van der Waals surface area contributed by atoms with Crippen LogP contribution < -0.4 is 5.32 Å². The SMILES string of the molecule is COC1(C(OC(C)C)(OC(C)C)OC(C)C)C=CC(CC(=O)Nc2ccccc2)=CC1. The Hall–Kier alpha value is -1.99. The van der Waals surface area contributed by atoms with Gasteiger partial charge in [-0.1, -0.05) is 30.4 Å².